The van der Waals surface area contributed by atoms with Crippen molar-refractivity contribution >= 4 is 0 Å². The molecule has 0 radical (unpaired) electrons. The van der Waals surface area contributed by atoms with Crippen LogP contribution in [0.25, 0.3) is 0 Å². The van der Waals surface area contributed by atoms with E-state index in [1.165, 1.54) is 31.3 Å². The molecule has 1 N–H and O–H groups in total. The minimum absolute atomic E-state index is 0.646. The summed E-state index contributed by atoms with van der Waals surface area (Å²) in [6.07, 6.45) is 4.93. The van der Waals surface area contributed by atoms with Crippen LogP contribution in [0.15, 0.2) is 12.2 Å². The molecule has 1 nitrogen and oxygen atoms in total. The van der Waals surface area contributed by atoms with E-state index in [0.717, 1.165) is 0 Å². The average molecular weight is 153 g/mol. The van der Waals surface area contributed by atoms with Gasteiger partial charge in [0.25, 0.3) is 0 Å². The topological polar surface area (TPSA) is 12.0 Å². The van der Waals surface area contributed by atoms with Gasteiger partial charge in [0.15, 0.2) is 0 Å². The van der Waals surface area contributed by atoms with Crippen LogP contribution in [-0.2, 0) is 0 Å². The number of nitrogens with one attached hydrogen (secondary N) is 1. The number of hydrogen-bond acceptors (Lipinski definition) is 1. The van der Waals surface area contributed by atoms with Gasteiger partial charge in [0.1, 0.15) is 0 Å². The fourth-order valence-electron chi connectivity index (χ4n) is 1.92. The lowest BCUT2D eigenvalue weighted by Gasteiger charge is -2.30. The Labute approximate surface area is 69.9 Å². The Morgan fingerprint density at radius 2 is 2.27 bits per heavy atom. The zero-order valence-corrected chi connectivity index (χ0v) is 7.69. The van der Waals surface area contributed by atoms with E-state index >= 15 is 0 Å². The number of rotatable bonds is 2. The highest BCUT2D eigenvalue weighted by molar-refractivity contribution is 5.04. The normalized spacial score (nSPS) is 32.4. The molecule has 1 aliphatic rings. The predicted molar refractivity (Wildman–Crippen MR) is 49.7 cm³/mol. The summed E-state index contributed by atoms with van der Waals surface area (Å²) in [5.74, 6) is 0. The van der Waals surface area contributed by atoms with Gasteiger partial charge in [-0.1, -0.05) is 25.5 Å². The van der Waals surface area contributed by atoms with Crippen molar-refractivity contribution in [2.75, 3.05) is 0 Å². The predicted octanol–water partition coefficient (Wildman–Crippen LogP) is 2.48. The van der Waals surface area contributed by atoms with Crippen LogP contribution in [0.2, 0.25) is 0 Å². The third-order valence-electron chi connectivity index (χ3n) is 2.29. The van der Waals surface area contributed by atoms with E-state index in [9.17, 15) is 0 Å². The molecule has 0 aromatic heterocycles. The van der Waals surface area contributed by atoms with E-state index in [0.29, 0.717) is 12.1 Å². The molecular formula is C10H19N. The average Bonchev–Trinajstić information content (AvgIpc) is 1.85. The Morgan fingerprint density at radius 3 is 2.82 bits per heavy atom. The van der Waals surface area contributed by atoms with Gasteiger partial charge in [-0.05, 0) is 26.2 Å². The lowest BCUT2D eigenvalue weighted by Crippen LogP contribution is -2.41. The van der Waals surface area contributed by atoms with Crippen molar-refractivity contribution in [2.45, 2.75) is 51.6 Å². The summed E-state index contributed by atoms with van der Waals surface area (Å²) < 4.78 is 0. The highest BCUT2D eigenvalue weighted by atomic mass is 15.0. The second kappa shape index (κ2) is 3.91. The zero-order valence-electron chi connectivity index (χ0n) is 7.69. The number of piperidine rings is 1. The summed E-state index contributed by atoms with van der Waals surface area (Å²) in [5.41, 5.74) is 1.43. The first-order valence-corrected chi connectivity index (χ1v) is 4.65. The molecule has 0 unspecified atom stereocenters. The largest absolute Gasteiger partial charge is 0.311 e. The quantitative estimate of drug-likeness (QED) is 0.601. The summed E-state index contributed by atoms with van der Waals surface area (Å²) in [5, 5.41) is 3.59. The van der Waals surface area contributed by atoms with Gasteiger partial charge in [0, 0.05) is 12.1 Å². The van der Waals surface area contributed by atoms with Gasteiger partial charge in [-0.25, -0.2) is 0 Å². The number of hydrogen-bond donors (Lipinski definition) is 1. The summed E-state index contributed by atoms with van der Waals surface area (Å²) in [7, 11) is 0. The maximum absolute atomic E-state index is 4.06. The van der Waals surface area contributed by atoms with Crippen LogP contribution in [0.1, 0.15) is 39.5 Å². The van der Waals surface area contributed by atoms with Crippen LogP contribution < -0.4 is 5.32 Å². The molecule has 1 heterocycles. The fourth-order valence-corrected chi connectivity index (χ4v) is 1.92. The highest BCUT2D eigenvalue weighted by Crippen LogP contribution is 2.19. The Morgan fingerprint density at radius 1 is 1.55 bits per heavy atom. The molecule has 1 fully saturated rings. The van der Waals surface area contributed by atoms with Crippen LogP contribution in [0.5, 0.6) is 0 Å². The highest BCUT2D eigenvalue weighted by Gasteiger charge is 2.18. The first-order chi connectivity index (χ1) is 5.22. The Hall–Kier alpha value is -0.300. The second-order valence-electron chi connectivity index (χ2n) is 3.71. The van der Waals surface area contributed by atoms with Crippen molar-refractivity contribution in [3.8, 4) is 0 Å². The van der Waals surface area contributed by atoms with Crippen molar-refractivity contribution in [1.29, 1.82) is 0 Å². The molecule has 0 saturated carbocycles. The van der Waals surface area contributed by atoms with Crippen molar-refractivity contribution in [3.05, 3.63) is 12.2 Å². The van der Waals surface area contributed by atoms with Crippen molar-refractivity contribution < 1.29 is 0 Å². The third kappa shape index (κ3) is 2.66. The standard InChI is InChI=1S/C10H19N/c1-4-5-10-7-8(2)6-9(3)11-10/h9-11H,2,4-7H2,1,3H3/t9-,10+/m1/s1. The van der Waals surface area contributed by atoms with Gasteiger partial charge in [0.2, 0.25) is 0 Å². The summed E-state index contributed by atoms with van der Waals surface area (Å²) >= 11 is 0. The molecule has 0 aromatic carbocycles. The van der Waals surface area contributed by atoms with Crippen LogP contribution in [-0.4, -0.2) is 12.1 Å². The van der Waals surface area contributed by atoms with Crippen molar-refractivity contribution in [3.63, 3.8) is 0 Å². The van der Waals surface area contributed by atoms with Gasteiger partial charge < -0.3 is 5.32 Å². The molecular weight excluding hydrogens is 134 g/mol. The van der Waals surface area contributed by atoms with Gasteiger partial charge in [-0.3, -0.25) is 0 Å². The Bertz CT molecular complexity index is 140. The van der Waals surface area contributed by atoms with Crippen LogP contribution in [0.4, 0.5) is 0 Å². The molecule has 2 atom stereocenters. The van der Waals surface area contributed by atoms with Gasteiger partial charge in [-0.15, -0.1) is 0 Å². The van der Waals surface area contributed by atoms with E-state index in [2.05, 4.69) is 25.7 Å². The fraction of sp³-hybridized carbons (Fsp3) is 0.800. The molecule has 64 valence electrons. The Balaban J connectivity index is 2.36. The molecule has 0 bridgehead atoms. The molecule has 0 aromatic rings. The van der Waals surface area contributed by atoms with Crippen LogP contribution in [0.3, 0.4) is 0 Å². The lowest BCUT2D eigenvalue weighted by atomic mass is 9.93. The first-order valence-electron chi connectivity index (χ1n) is 4.65. The SMILES string of the molecule is C=C1C[C@H](CCC)N[C@H](C)C1. The van der Waals surface area contributed by atoms with Crippen molar-refractivity contribution in [1.82, 2.24) is 5.32 Å². The molecule has 0 amide bonds. The minimum Gasteiger partial charge on any atom is -0.311 e. The molecule has 1 rings (SSSR count). The second-order valence-corrected chi connectivity index (χ2v) is 3.71. The maximum Gasteiger partial charge on any atom is 0.0107 e. The molecule has 0 spiro atoms. The molecule has 1 heteroatoms. The molecule has 0 aliphatic carbocycles. The van der Waals surface area contributed by atoms with Crippen molar-refractivity contribution in [2.24, 2.45) is 0 Å². The van der Waals surface area contributed by atoms with E-state index in [-0.39, 0.29) is 0 Å². The van der Waals surface area contributed by atoms with E-state index < -0.39 is 0 Å². The first kappa shape index (κ1) is 8.79. The maximum atomic E-state index is 4.06. The Kier molecular flexibility index (Phi) is 3.13. The molecule has 1 saturated heterocycles. The van der Waals surface area contributed by atoms with Crippen LogP contribution >= 0.6 is 0 Å². The molecule has 11 heavy (non-hydrogen) atoms. The van der Waals surface area contributed by atoms with E-state index in [1.807, 2.05) is 0 Å². The zero-order chi connectivity index (χ0) is 8.27. The van der Waals surface area contributed by atoms with E-state index in [4.69, 9.17) is 0 Å². The van der Waals surface area contributed by atoms with Crippen LogP contribution in [0, 0.1) is 0 Å². The summed E-state index contributed by atoms with van der Waals surface area (Å²) in [4.78, 5) is 0. The summed E-state index contributed by atoms with van der Waals surface area (Å²) in [6, 6.07) is 1.35. The lowest BCUT2D eigenvalue weighted by molar-refractivity contribution is 0.372. The van der Waals surface area contributed by atoms with Gasteiger partial charge >= 0.3 is 0 Å². The third-order valence-corrected chi connectivity index (χ3v) is 2.29. The van der Waals surface area contributed by atoms with E-state index in [1.54, 1.807) is 0 Å². The van der Waals surface area contributed by atoms with Gasteiger partial charge in [0.05, 0.1) is 0 Å². The van der Waals surface area contributed by atoms with Gasteiger partial charge in [-0.2, -0.15) is 0 Å². The minimum atomic E-state index is 0.646. The monoisotopic (exact) mass is 153 g/mol. The molecule has 1 aliphatic heterocycles. The smallest absolute Gasteiger partial charge is 0.0107 e. The summed E-state index contributed by atoms with van der Waals surface area (Å²) in [6.45, 7) is 8.54.